The quantitative estimate of drug-likeness (QED) is 0.478. The van der Waals surface area contributed by atoms with Crippen LogP contribution in [0.25, 0.3) is 10.9 Å². The number of aliphatic imine (C=N–C) groups is 1. The monoisotopic (exact) mass is 363 g/mol. The van der Waals surface area contributed by atoms with Crippen LogP contribution in [0.3, 0.4) is 0 Å². The summed E-state index contributed by atoms with van der Waals surface area (Å²) >= 11 is 0. The second kappa shape index (κ2) is 8.18. The first-order valence-electron chi connectivity index (χ1n) is 8.51. The average molecular weight is 363 g/mol. The summed E-state index contributed by atoms with van der Waals surface area (Å²) in [5.41, 5.74) is 8.43. The molecule has 138 valence electrons. The standard InChI is InChI=1S/C20H21N5O2/c1-14(26)23-17-8-6-15(7-9-17)12-22-20(21)24-19(27)13-25-11-10-16-4-2-3-5-18(16)25/h2-11H,12-13H2,1H3,(H,23,26)(H3,21,22,24,27). The zero-order valence-corrected chi connectivity index (χ0v) is 15.0. The molecule has 4 N–H and O–H groups in total. The van der Waals surface area contributed by atoms with Crippen LogP contribution in [0.4, 0.5) is 5.69 Å². The third-order valence-corrected chi connectivity index (χ3v) is 3.97. The fourth-order valence-corrected chi connectivity index (χ4v) is 2.73. The van der Waals surface area contributed by atoms with Crippen LogP contribution in [0.15, 0.2) is 65.8 Å². The first kappa shape index (κ1) is 18.2. The number of hydrogen-bond donors (Lipinski definition) is 3. The number of nitrogens with two attached hydrogens (primary N) is 1. The van der Waals surface area contributed by atoms with Crippen LogP contribution >= 0.6 is 0 Å². The zero-order chi connectivity index (χ0) is 19.2. The number of anilines is 1. The average Bonchev–Trinajstić information content (AvgIpc) is 3.03. The maximum absolute atomic E-state index is 12.2. The molecule has 2 aromatic carbocycles. The SMILES string of the molecule is CC(=O)Nc1ccc(CN=C(N)NC(=O)Cn2ccc3ccccc32)cc1. The van der Waals surface area contributed by atoms with Crippen molar-refractivity contribution in [2.75, 3.05) is 5.32 Å². The van der Waals surface area contributed by atoms with Crippen LogP contribution in [0.1, 0.15) is 12.5 Å². The van der Waals surface area contributed by atoms with Gasteiger partial charge in [-0.15, -0.1) is 0 Å². The van der Waals surface area contributed by atoms with E-state index in [1.54, 1.807) is 12.1 Å². The number of hydrogen-bond acceptors (Lipinski definition) is 3. The topological polar surface area (TPSA) is 102 Å². The third-order valence-electron chi connectivity index (χ3n) is 3.97. The Kier molecular flexibility index (Phi) is 5.51. The molecule has 0 aliphatic rings. The van der Waals surface area contributed by atoms with Crippen molar-refractivity contribution in [1.29, 1.82) is 0 Å². The van der Waals surface area contributed by atoms with Crippen LogP contribution in [0.2, 0.25) is 0 Å². The fourth-order valence-electron chi connectivity index (χ4n) is 2.73. The number of aromatic nitrogens is 1. The minimum Gasteiger partial charge on any atom is -0.370 e. The van der Waals surface area contributed by atoms with Gasteiger partial charge >= 0.3 is 0 Å². The molecular formula is C20H21N5O2. The van der Waals surface area contributed by atoms with E-state index in [-0.39, 0.29) is 24.3 Å². The number of carbonyl (C=O) groups is 2. The van der Waals surface area contributed by atoms with Crippen LogP contribution in [-0.4, -0.2) is 22.3 Å². The van der Waals surface area contributed by atoms with E-state index in [1.807, 2.05) is 53.2 Å². The zero-order valence-electron chi connectivity index (χ0n) is 15.0. The fraction of sp³-hybridized carbons (Fsp3) is 0.150. The summed E-state index contributed by atoms with van der Waals surface area (Å²) in [6.45, 7) is 1.95. The third kappa shape index (κ3) is 4.94. The lowest BCUT2D eigenvalue weighted by Crippen LogP contribution is -2.38. The van der Waals surface area contributed by atoms with E-state index < -0.39 is 0 Å². The summed E-state index contributed by atoms with van der Waals surface area (Å²) in [6.07, 6.45) is 1.87. The van der Waals surface area contributed by atoms with Gasteiger partial charge in [0, 0.05) is 24.3 Å². The van der Waals surface area contributed by atoms with Crippen LogP contribution in [0.5, 0.6) is 0 Å². The lowest BCUT2D eigenvalue weighted by molar-refractivity contribution is -0.120. The Bertz CT molecular complexity index is 989. The molecule has 0 saturated heterocycles. The second-order valence-corrected chi connectivity index (χ2v) is 6.13. The van der Waals surface area contributed by atoms with Gasteiger partial charge in [0.1, 0.15) is 6.54 Å². The predicted molar refractivity (Wildman–Crippen MR) is 106 cm³/mol. The van der Waals surface area contributed by atoms with E-state index in [4.69, 9.17) is 5.73 Å². The Balaban J connectivity index is 1.55. The minimum atomic E-state index is -0.237. The van der Waals surface area contributed by atoms with E-state index in [0.29, 0.717) is 6.54 Å². The molecule has 0 unspecified atom stereocenters. The normalized spacial score (nSPS) is 11.4. The molecule has 27 heavy (non-hydrogen) atoms. The molecule has 3 rings (SSSR count). The number of fused-ring (bicyclic) bond motifs is 1. The summed E-state index contributed by atoms with van der Waals surface area (Å²) in [5, 5.41) is 6.38. The molecule has 1 heterocycles. The number of nitrogens with one attached hydrogen (secondary N) is 2. The summed E-state index contributed by atoms with van der Waals surface area (Å²) in [6, 6.07) is 17.1. The number of carbonyl (C=O) groups excluding carboxylic acids is 2. The van der Waals surface area contributed by atoms with Gasteiger partial charge in [0.2, 0.25) is 11.8 Å². The molecule has 0 aliphatic carbocycles. The van der Waals surface area contributed by atoms with Crippen molar-refractivity contribution in [3.8, 4) is 0 Å². The number of amides is 2. The van der Waals surface area contributed by atoms with Crippen LogP contribution < -0.4 is 16.4 Å². The molecular weight excluding hydrogens is 342 g/mol. The Morgan fingerprint density at radius 1 is 1.07 bits per heavy atom. The van der Waals surface area contributed by atoms with Gasteiger partial charge in [0.05, 0.1) is 6.54 Å². The minimum absolute atomic E-state index is 0.0717. The molecule has 7 nitrogen and oxygen atoms in total. The van der Waals surface area contributed by atoms with Gasteiger partial charge in [0.15, 0.2) is 5.96 Å². The highest BCUT2D eigenvalue weighted by atomic mass is 16.2. The number of para-hydroxylation sites is 1. The van der Waals surface area contributed by atoms with E-state index in [1.165, 1.54) is 6.92 Å². The van der Waals surface area contributed by atoms with Gasteiger partial charge < -0.3 is 15.6 Å². The summed E-state index contributed by atoms with van der Waals surface area (Å²) in [7, 11) is 0. The first-order valence-corrected chi connectivity index (χ1v) is 8.51. The predicted octanol–water partition coefficient (Wildman–Crippen LogP) is 2.23. The highest BCUT2D eigenvalue weighted by Gasteiger charge is 2.07. The molecule has 7 heteroatoms. The highest BCUT2D eigenvalue weighted by Crippen LogP contribution is 2.14. The molecule has 0 fully saturated rings. The van der Waals surface area contributed by atoms with E-state index in [9.17, 15) is 9.59 Å². The smallest absolute Gasteiger partial charge is 0.246 e. The van der Waals surface area contributed by atoms with Crippen LogP contribution in [0, 0.1) is 0 Å². The van der Waals surface area contributed by atoms with Crippen LogP contribution in [-0.2, 0) is 22.7 Å². The lowest BCUT2D eigenvalue weighted by Gasteiger charge is -2.07. The van der Waals surface area contributed by atoms with Crippen molar-refractivity contribution < 1.29 is 9.59 Å². The van der Waals surface area contributed by atoms with E-state index >= 15 is 0 Å². The molecule has 0 spiro atoms. The Labute approximate surface area is 156 Å². The van der Waals surface area contributed by atoms with E-state index in [0.717, 1.165) is 22.2 Å². The maximum atomic E-state index is 12.2. The molecule has 0 bridgehead atoms. The molecule has 0 radical (unpaired) electrons. The number of nitrogens with zero attached hydrogens (tertiary/aromatic N) is 2. The summed E-state index contributed by atoms with van der Waals surface area (Å²) in [4.78, 5) is 27.4. The largest absolute Gasteiger partial charge is 0.370 e. The van der Waals surface area contributed by atoms with Gasteiger partial charge in [-0.2, -0.15) is 0 Å². The summed E-state index contributed by atoms with van der Waals surface area (Å²) < 4.78 is 1.86. The van der Waals surface area contributed by atoms with Gasteiger partial charge in [-0.3, -0.25) is 14.9 Å². The van der Waals surface area contributed by atoms with Gasteiger partial charge in [0.25, 0.3) is 0 Å². The molecule has 3 aromatic rings. The van der Waals surface area contributed by atoms with Gasteiger partial charge in [-0.05, 0) is 35.2 Å². The maximum Gasteiger partial charge on any atom is 0.246 e. The van der Waals surface area contributed by atoms with Gasteiger partial charge in [-0.1, -0.05) is 30.3 Å². The Hall–Kier alpha value is -3.61. The molecule has 0 atom stereocenters. The number of benzene rings is 2. The molecule has 0 saturated carbocycles. The number of guanidine groups is 1. The molecule has 2 amide bonds. The van der Waals surface area contributed by atoms with Crippen molar-refractivity contribution in [3.63, 3.8) is 0 Å². The van der Waals surface area contributed by atoms with Crippen molar-refractivity contribution in [1.82, 2.24) is 9.88 Å². The summed E-state index contributed by atoms with van der Waals surface area (Å²) in [5.74, 6) is -0.288. The van der Waals surface area contributed by atoms with Crippen molar-refractivity contribution in [3.05, 3.63) is 66.4 Å². The molecule has 1 aromatic heterocycles. The van der Waals surface area contributed by atoms with Crippen molar-refractivity contribution in [2.45, 2.75) is 20.0 Å². The first-order chi connectivity index (χ1) is 13.0. The molecule has 0 aliphatic heterocycles. The lowest BCUT2D eigenvalue weighted by atomic mass is 10.2. The van der Waals surface area contributed by atoms with Crippen molar-refractivity contribution in [2.24, 2.45) is 10.7 Å². The second-order valence-electron chi connectivity index (χ2n) is 6.13. The number of rotatable bonds is 5. The highest BCUT2D eigenvalue weighted by molar-refractivity contribution is 5.96. The Morgan fingerprint density at radius 3 is 2.56 bits per heavy atom. The Morgan fingerprint density at radius 2 is 1.81 bits per heavy atom. The van der Waals surface area contributed by atoms with E-state index in [2.05, 4.69) is 15.6 Å². The van der Waals surface area contributed by atoms with Crippen molar-refractivity contribution >= 4 is 34.4 Å². The van der Waals surface area contributed by atoms with Gasteiger partial charge in [-0.25, -0.2) is 4.99 Å².